The molecule has 0 unspecified atom stereocenters. The lowest BCUT2D eigenvalue weighted by Gasteiger charge is -2.46. The number of carbonyl (C=O) groups is 3. The summed E-state index contributed by atoms with van der Waals surface area (Å²) in [7, 11) is 0. The van der Waals surface area contributed by atoms with Crippen LogP contribution in [-0.2, 0) is 33.6 Å². The molecule has 0 aliphatic heterocycles. The van der Waals surface area contributed by atoms with Crippen molar-refractivity contribution in [2.45, 2.75) is 84.7 Å². The molecular formula is C32H36O8. The summed E-state index contributed by atoms with van der Waals surface area (Å²) in [6.07, 6.45) is 2.11. The van der Waals surface area contributed by atoms with Crippen LogP contribution >= 0.6 is 0 Å². The Labute approximate surface area is 233 Å². The van der Waals surface area contributed by atoms with Gasteiger partial charge in [0.1, 0.15) is 34.4 Å². The molecule has 1 saturated carbocycles. The lowest BCUT2D eigenvalue weighted by molar-refractivity contribution is -0.147. The van der Waals surface area contributed by atoms with Crippen LogP contribution in [0.2, 0.25) is 0 Å². The SMILES string of the molecule is CC(=O)C1=C(O)[C@@]2(O)C(=O)C3=C(O)c4c(O)c(CCCc5cc(C)c(C)o5)cc(C(C)C)c4C[C@H]3C[C@H]2CC1=O. The molecule has 1 fully saturated rings. The standard InChI is InChI=1S/C32H36O8/c1-14(2)22-11-18(7-6-8-21-9-15(3)17(5)40-21)28(35)27-23(22)12-19-10-20-13-24(34)25(16(4)33)30(37)32(20,39)31(38)26(19)29(27)36/h9,11,14,19-20,35-37,39H,6-8,10,12-13H2,1-5H3/t19-,20+,32-/m1/s1. The second kappa shape index (κ2) is 9.77. The maximum atomic E-state index is 13.8. The number of Topliss-reactive ketones (excluding diaryl/α,β-unsaturated/α-hetero) is 3. The van der Waals surface area contributed by atoms with Gasteiger partial charge in [0.2, 0.25) is 5.78 Å². The molecule has 8 nitrogen and oxygen atoms in total. The molecule has 0 bridgehead atoms. The van der Waals surface area contributed by atoms with Crippen molar-refractivity contribution in [3.05, 3.63) is 68.4 Å². The van der Waals surface area contributed by atoms with Crippen LogP contribution in [0.25, 0.3) is 5.76 Å². The third kappa shape index (κ3) is 4.12. The van der Waals surface area contributed by atoms with E-state index < -0.39 is 51.9 Å². The molecule has 0 saturated heterocycles. The third-order valence-corrected chi connectivity index (χ3v) is 8.99. The molecule has 0 spiro atoms. The van der Waals surface area contributed by atoms with Crippen molar-refractivity contribution in [2.24, 2.45) is 11.8 Å². The lowest BCUT2D eigenvalue weighted by Crippen LogP contribution is -2.57. The second-order valence-electron chi connectivity index (χ2n) is 11.9. The average molecular weight is 549 g/mol. The van der Waals surface area contributed by atoms with Crippen molar-refractivity contribution >= 4 is 23.1 Å². The van der Waals surface area contributed by atoms with E-state index in [1.807, 2.05) is 39.8 Å². The number of fused-ring (bicyclic) bond motifs is 3. The van der Waals surface area contributed by atoms with Crippen molar-refractivity contribution in [3.8, 4) is 5.75 Å². The fourth-order valence-electron chi connectivity index (χ4n) is 6.82. The largest absolute Gasteiger partial charge is 0.508 e. The Hall–Kier alpha value is -3.65. The minimum atomic E-state index is -2.49. The summed E-state index contributed by atoms with van der Waals surface area (Å²) in [6, 6.07) is 3.97. The van der Waals surface area contributed by atoms with Crippen LogP contribution in [0.4, 0.5) is 0 Å². The monoisotopic (exact) mass is 548 g/mol. The number of allylic oxidation sites excluding steroid dienone is 1. The summed E-state index contributed by atoms with van der Waals surface area (Å²) in [6.45, 7) is 9.05. The fraction of sp³-hybridized carbons (Fsp3) is 0.469. The average Bonchev–Trinajstić information content (AvgIpc) is 3.18. The number of rotatable bonds is 6. The van der Waals surface area contributed by atoms with Gasteiger partial charge in [-0.3, -0.25) is 14.4 Å². The minimum Gasteiger partial charge on any atom is -0.508 e. The maximum Gasteiger partial charge on any atom is 0.202 e. The fourth-order valence-corrected chi connectivity index (χ4v) is 6.82. The number of aliphatic hydroxyl groups excluding tert-OH is 2. The van der Waals surface area contributed by atoms with Gasteiger partial charge >= 0.3 is 0 Å². The Morgan fingerprint density at radius 1 is 1.10 bits per heavy atom. The number of ketones is 3. The smallest absolute Gasteiger partial charge is 0.202 e. The summed E-state index contributed by atoms with van der Waals surface area (Å²) in [5, 5.41) is 45.3. The number of furan rings is 1. The van der Waals surface area contributed by atoms with Crippen LogP contribution in [-0.4, -0.2) is 43.4 Å². The van der Waals surface area contributed by atoms with Gasteiger partial charge < -0.3 is 24.8 Å². The molecular weight excluding hydrogens is 512 g/mol. The number of phenolic OH excluding ortho intramolecular Hbond substituents is 1. The van der Waals surface area contributed by atoms with Crippen molar-refractivity contribution in [1.82, 2.24) is 0 Å². The number of carbonyl (C=O) groups excluding carboxylic acids is 3. The molecule has 8 heteroatoms. The highest BCUT2D eigenvalue weighted by Crippen LogP contribution is 2.53. The number of aryl methyl sites for hydroxylation is 4. The molecule has 1 aromatic carbocycles. The Bertz CT molecular complexity index is 1500. The molecule has 3 atom stereocenters. The normalized spacial score (nSPS) is 24.4. The van der Waals surface area contributed by atoms with Crippen LogP contribution in [0.1, 0.15) is 85.3 Å². The van der Waals surface area contributed by atoms with Gasteiger partial charge in [0.25, 0.3) is 0 Å². The Morgan fingerprint density at radius 2 is 1.80 bits per heavy atom. The van der Waals surface area contributed by atoms with Gasteiger partial charge in [-0.25, -0.2) is 0 Å². The van der Waals surface area contributed by atoms with Gasteiger partial charge in [0.15, 0.2) is 17.2 Å². The molecule has 0 amide bonds. The summed E-state index contributed by atoms with van der Waals surface area (Å²) in [5.41, 5.74) is 0.443. The highest BCUT2D eigenvalue weighted by molar-refractivity contribution is 6.23. The molecule has 40 heavy (non-hydrogen) atoms. The van der Waals surface area contributed by atoms with E-state index in [0.717, 1.165) is 35.1 Å². The molecule has 4 N–H and O–H groups in total. The summed E-state index contributed by atoms with van der Waals surface area (Å²) < 4.78 is 5.78. The van der Waals surface area contributed by atoms with Crippen LogP contribution in [0.3, 0.4) is 0 Å². The van der Waals surface area contributed by atoms with E-state index in [2.05, 4.69) is 0 Å². The van der Waals surface area contributed by atoms with Crippen LogP contribution in [0.5, 0.6) is 5.75 Å². The van der Waals surface area contributed by atoms with E-state index in [-0.39, 0.29) is 35.6 Å². The first-order chi connectivity index (χ1) is 18.8. The maximum absolute atomic E-state index is 13.8. The zero-order valence-electron chi connectivity index (χ0n) is 23.6. The topological polar surface area (TPSA) is 145 Å². The van der Waals surface area contributed by atoms with Crippen LogP contribution < -0.4 is 0 Å². The molecule has 5 rings (SSSR count). The van der Waals surface area contributed by atoms with E-state index in [4.69, 9.17) is 4.42 Å². The van der Waals surface area contributed by atoms with Crippen molar-refractivity contribution in [2.75, 3.05) is 0 Å². The number of phenols is 1. The first-order valence-electron chi connectivity index (χ1n) is 13.9. The first-order valence-corrected chi connectivity index (χ1v) is 13.9. The first kappa shape index (κ1) is 27.9. The van der Waals surface area contributed by atoms with Crippen LogP contribution in [0, 0.1) is 25.7 Å². The van der Waals surface area contributed by atoms with Gasteiger partial charge in [-0.15, -0.1) is 0 Å². The number of aromatic hydroxyl groups is 1. The zero-order valence-corrected chi connectivity index (χ0v) is 23.6. The summed E-state index contributed by atoms with van der Waals surface area (Å²) in [4.78, 5) is 38.5. The van der Waals surface area contributed by atoms with E-state index >= 15 is 0 Å². The zero-order chi connectivity index (χ0) is 29.3. The molecule has 1 heterocycles. The molecule has 2 aromatic rings. The van der Waals surface area contributed by atoms with Crippen molar-refractivity contribution < 1.29 is 39.2 Å². The van der Waals surface area contributed by atoms with Crippen LogP contribution in [0.15, 0.2) is 33.5 Å². The Kier molecular flexibility index (Phi) is 6.81. The number of hydrogen-bond donors (Lipinski definition) is 4. The van der Waals surface area contributed by atoms with Gasteiger partial charge in [-0.05, 0) is 86.6 Å². The number of hydrogen-bond acceptors (Lipinski definition) is 8. The number of benzene rings is 1. The van der Waals surface area contributed by atoms with E-state index in [9.17, 15) is 34.8 Å². The van der Waals surface area contributed by atoms with Crippen molar-refractivity contribution in [1.29, 1.82) is 0 Å². The van der Waals surface area contributed by atoms with E-state index in [1.165, 1.54) is 0 Å². The van der Waals surface area contributed by atoms with Gasteiger partial charge in [0.05, 0.1) is 5.56 Å². The molecule has 3 aliphatic carbocycles. The Balaban J connectivity index is 1.57. The molecule has 0 radical (unpaired) electrons. The summed E-state index contributed by atoms with van der Waals surface area (Å²) >= 11 is 0. The predicted molar refractivity (Wildman–Crippen MR) is 147 cm³/mol. The quantitative estimate of drug-likeness (QED) is 0.368. The third-order valence-electron chi connectivity index (χ3n) is 8.99. The lowest BCUT2D eigenvalue weighted by atomic mass is 9.58. The van der Waals surface area contributed by atoms with Gasteiger partial charge in [0, 0.05) is 24.3 Å². The summed E-state index contributed by atoms with van der Waals surface area (Å²) in [5.74, 6) is -3.39. The number of aliphatic hydroxyl groups is 3. The highest BCUT2D eigenvalue weighted by Gasteiger charge is 2.60. The van der Waals surface area contributed by atoms with Gasteiger partial charge in [-0.2, -0.15) is 0 Å². The molecule has 1 aromatic heterocycles. The minimum absolute atomic E-state index is 0.0652. The second-order valence-corrected chi connectivity index (χ2v) is 11.9. The predicted octanol–water partition coefficient (Wildman–Crippen LogP) is 5.04. The molecule has 3 aliphatic rings. The van der Waals surface area contributed by atoms with Gasteiger partial charge in [-0.1, -0.05) is 19.9 Å². The van der Waals surface area contributed by atoms with Crippen molar-refractivity contribution in [3.63, 3.8) is 0 Å². The van der Waals surface area contributed by atoms with E-state index in [0.29, 0.717) is 31.2 Å². The van der Waals surface area contributed by atoms with E-state index in [1.54, 1.807) is 0 Å². The Morgan fingerprint density at radius 3 is 2.40 bits per heavy atom. The highest BCUT2D eigenvalue weighted by atomic mass is 16.4. The molecule has 212 valence electrons.